The molecule has 7 rings (SSSR count). The number of nitrogens with zero attached hydrogens (tertiary/aromatic N) is 7. The maximum atomic E-state index is 15.1. The van der Waals surface area contributed by atoms with Gasteiger partial charge in [0.15, 0.2) is 0 Å². The van der Waals surface area contributed by atoms with E-state index in [0.29, 0.717) is 32.1 Å². The van der Waals surface area contributed by atoms with Gasteiger partial charge in [-0.3, -0.25) is 52.7 Å². The van der Waals surface area contributed by atoms with Crippen molar-refractivity contribution in [3.8, 4) is 0 Å². The molecule has 3 saturated carbocycles. The van der Waals surface area contributed by atoms with E-state index in [4.69, 9.17) is 11.6 Å². The Labute approximate surface area is 547 Å². The highest BCUT2D eigenvalue weighted by Crippen LogP contribution is 2.44. The van der Waals surface area contributed by atoms with Crippen LogP contribution in [-0.2, 0) is 52.7 Å². The fourth-order valence-electron chi connectivity index (χ4n) is 15.4. The number of hydrogen-bond acceptors (Lipinski definition) is 11. The Bertz CT molecular complexity index is 2690. The van der Waals surface area contributed by atoms with Gasteiger partial charge in [-0.25, -0.2) is 0 Å². The first-order chi connectivity index (χ1) is 43.3. The van der Waals surface area contributed by atoms with Crippen LogP contribution >= 0.6 is 11.6 Å². The SMILES string of the molecule is CC[C@H](C)[C@@H]1NC(=O)[C@H](CC(C)C)N(C)C(=O)C[C@@H](C)NC(=O)[C@H](C(C)C)N(C)C(=O)C2(CCCC2)NC(=O)[C@@H]2CCCN2C(=O)[C@H](CCC2CCC(C(F)(F)F)C(Cl)C2)NC(=O)CN(C)C(=O)[C@H](CC2CCCCC2)N(C)C(=O)[C@@H]2CCN2C(=O)[C@@H]2CCN2C1=O. The lowest BCUT2D eigenvalue weighted by atomic mass is 9.78. The molecule has 22 nitrogen and oxygen atoms in total. The van der Waals surface area contributed by atoms with E-state index in [1.165, 1.54) is 62.5 Å². The van der Waals surface area contributed by atoms with E-state index in [9.17, 15) is 56.3 Å². The predicted octanol–water partition coefficient (Wildman–Crippen LogP) is 5.51. The van der Waals surface area contributed by atoms with Crippen LogP contribution in [0.25, 0.3) is 0 Å². The van der Waals surface area contributed by atoms with Crippen LogP contribution in [0.15, 0.2) is 0 Å². The van der Waals surface area contributed by atoms with Crippen molar-refractivity contribution in [2.24, 2.45) is 35.5 Å². The highest BCUT2D eigenvalue weighted by molar-refractivity contribution is 6.20. The van der Waals surface area contributed by atoms with Crippen LogP contribution in [0.3, 0.4) is 0 Å². The summed E-state index contributed by atoms with van der Waals surface area (Å²) in [7, 11) is 5.93. The average Bonchev–Trinajstić information content (AvgIpc) is 1.02. The Hall–Kier alpha value is -5.75. The molecular formula is C66H105ClF3N11O11. The minimum atomic E-state index is -4.49. The number of fused-ring (bicyclic) bond motifs is 3. The van der Waals surface area contributed by atoms with Crippen LogP contribution in [0.4, 0.5) is 13.2 Å². The molecule has 13 atom stereocenters. The summed E-state index contributed by atoms with van der Waals surface area (Å²) < 4.78 is 41.8. The van der Waals surface area contributed by atoms with Crippen LogP contribution in [0.5, 0.6) is 0 Å². The largest absolute Gasteiger partial charge is 0.393 e. The third-order valence-electron chi connectivity index (χ3n) is 21.3. The van der Waals surface area contributed by atoms with Crippen molar-refractivity contribution in [1.82, 2.24) is 55.6 Å². The number of alkyl halides is 4. The van der Waals surface area contributed by atoms with Crippen LogP contribution in [-0.4, -0.2) is 225 Å². The quantitative estimate of drug-likeness (QED) is 0.198. The maximum Gasteiger partial charge on any atom is 0.393 e. The lowest BCUT2D eigenvalue weighted by Gasteiger charge is -2.49. The number of nitrogens with one attached hydrogen (secondary N) is 4. The molecule has 4 aliphatic heterocycles. The molecule has 0 aromatic heterocycles. The second kappa shape index (κ2) is 31.7. The highest BCUT2D eigenvalue weighted by Gasteiger charge is 2.53. The van der Waals surface area contributed by atoms with Crippen molar-refractivity contribution in [3.05, 3.63) is 0 Å². The fraction of sp³-hybridized carbons (Fsp3) is 0.833. The molecule has 92 heavy (non-hydrogen) atoms. The molecular weight excluding hydrogens is 1220 g/mol. The highest BCUT2D eigenvalue weighted by atomic mass is 35.5. The van der Waals surface area contributed by atoms with Gasteiger partial charge in [0.1, 0.15) is 53.9 Å². The molecule has 518 valence electrons. The molecule has 3 aliphatic carbocycles. The summed E-state index contributed by atoms with van der Waals surface area (Å²) >= 11 is 6.38. The fourth-order valence-corrected chi connectivity index (χ4v) is 15.9. The number of rotatable bonds is 10. The van der Waals surface area contributed by atoms with Crippen LogP contribution in [0, 0.1) is 35.5 Å². The zero-order valence-corrected chi connectivity index (χ0v) is 57.0. The molecule has 11 amide bonds. The van der Waals surface area contributed by atoms with E-state index >= 15 is 9.59 Å². The van der Waals surface area contributed by atoms with E-state index < -0.39 is 161 Å². The molecule has 4 heterocycles. The normalized spacial score (nSPS) is 32.0. The monoisotopic (exact) mass is 1320 g/mol. The van der Waals surface area contributed by atoms with Gasteiger partial charge in [-0.1, -0.05) is 92.9 Å². The number of hydrogen-bond donors (Lipinski definition) is 4. The summed E-state index contributed by atoms with van der Waals surface area (Å²) in [6.45, 7) is 12.7. The summed E-state index contributed by atoms with van der Waals surface area (Å²) in [6, 6.07) is -9.36. The Kier molecular flexibility index (Phi) is 25.3. The number of likely N-dealkylation sites (N-methyl/N-ethyl adjacent to an activating group) is 4. The van der Waals surface area contributed by atoms with E-state index in [-0.39, 0.29) is 114 Å². The maximum absolute atomic E-state index is 15.1. The van der Waals surface area contributed by atoms with Gasteiger partial charge in [0.25, 0.3) is 0 Å². The Balaban J connectivity index is 1.21. The van der Waals surface area contributed by atoms with E-state index in [0.717, 1.165) is 32.1 Å². The molecule has 0 aromatic carbocycles. The first-order valence-electron chi connectivity index (χ1n) is 34.2. The van der Waals surface area contributed by atoms with E-state index in [1.807, 2.05) is 27.7 Å². The topological polar surface area (TPSA) is 259 Å². The minimum absolute atomic E-state index is 0.0193. The zero-order chi connectivity index (χ0) is 67.8. The first kappa shape index (κ1) is 73.7. The molecule has 7 aliphatic rings. The molecule has 7 fully saturated rings. The number of carbonyl (C=O) groups excluding carboxylic acids is 11. The number of halogens is 4. The van der Waals surface area contributed by atoms with E-state index in [2.05, 4.69) is 21.3 Å². The van der Waals surface area contributed by atoms with Gasteiger partial charge in [-0.15, -0.1) is 11.6 Å². The number of carbonyl (C=O) groups is 11. The molecule has 26 heteroatoms. The molecule has 0 aromatic rings. The summed E-state index contributed by atoms with van der Waals surface area (Å²) in [5.74, 6) is -9.00. The molecule has 4 saturated heterocycles. The third-order valence-corrected chi connectivity index (χ3v) is 21.8. The first-order valence-corrected chi connectivity index (χ1v) is 34.6. The van der Waals surface area contributed by atoms with Gasteiger partial charge in [0, 0.05) is 65.7 Å². The van der Waals surface area contributed by atoms with E-state index in [1.54, 1.807) is 20.8 Å². The van der Waals surface area contributed by atoms with Crippen molar-refractivity contribution >= 4 is 76.6 Å². The predicted molar refractivity (Wildman–Crippen MR) is 338 cm³/mol. The Morgan fingerprint density at radius 3 is 1.79 bits per heavy atom. The third kappa shape index (κ3) is 17.2. The van der Waals surface area contributed by atoms with Crippen LogP contribution in [0.2, 0.25) is 0 Å². The Morgan fingerprint density at radius 1 is 0.598 bits per heavy atom. The van der Waals surface area contributed by atoms with Crippen LogP contribution < -0.4 is 21.3 Å². The second-order valence-electron chi connectivity index (χ2n) is 28.8. The van der Waals surface area contributed by atoms with Gasteiger partial charge in [-0.05, 0) is 120 Å². The standard InChI is InChI=1S/C66H105ClF3N11O11/c1-12-40(6)54-63(91)81-32-27-49(81)62(90)80-31-26-48(80)61(89)77(10)51(36-42-19-14-13-15-20-42)60(88)75(8)37-52(82)72-46(25-23-43-22-24-44(45(67)35-43)66(68,69)70)59(87)79-30-18-21-47(79)57(85)74-65(28-16-17-29-65)64(92)78(11)55(39(4)5)58(86)71-41(7)34-53(83)76(9)50(33-38(2)3)56(84)73-54/h38-51,54-55H,12-37H2,1-11H3,(H,71,86)(H,72,82)(H,73,84)(H,74,85)/t40-,41+,43?,44?,45?,46-,47-,48-,49-,50-,51-,54-,55-/m0/s1. The summed E-state index contributed by atoms with van der Waals surface area (Å²) in [6.07, 6.45) is 3.68. The lowest BCUT2D eigenvalue weighted by Crippen LogP contribution is -2.69. The molecule has 0 radical (unpaired) electrons. The smallest absolute Gasteiger partial charge is 0.351 e. The second-order valence-corrected chi connectivity index (χ2v) is 29.4. The van der Waals surface area contributed by atoms with Crippen molar-refractivity contribution < 1.29 is 65.9 Å². The summed E-state index contributed by atoms with van der Waals surface area (Å²) in [5, 5.41) is 10.6. The molecule has 1 spiro atoms. The van der Waals surface area contributed by atoms with Crippen molar-refractivity contribution in [1.29, 1.82) is 0 Å². The van der Waals surface area contributed by atoms with Gasteiger partial charge >= 0.3 is 6.18 Å². The number of amides is 11. The van der Waals surface area contributed by atoms with Gasteiger partial charge in [-0.2, -0.15) is 13.2 Å². The lowest BCUT2D eigenvalue weighted by molar-refractivity contribution is -0.182. The average molecular weight is 1320 g/mol. The van der Waals surface area contributed by atoms with Crippen molar-refractivity contribution in [3.63, 3.8) is 0 Å². The van der Waals surface area contributed by atoms with Crippen molar-refractivity contribution in [2.75, 3.05) is 54.4 Å². The van der Waals surface area contributed by atoms with Crippen molar-refractivity contribution in [2.45, 2.75) is 261 Å². The molecule has 0 bridgehead atoms. The van der Waals surface area contributed by atoms with Crippen LogP contribution in [0.1, 0.15) is 190 Å². The summed E-state index contributed by atoms with van der Waals surface area (Å²) in [5.41, 5.74) is -1.47. The molecule has 4 N–H and O–H groups in total. The Morgan fingerprint density at radius 2 is 1.22 bits per heavy atom. The van der Waals surface area contributed by atoms with Gasteiger partial charge < -0.3 is 55.6 Å². The minimum Gasteiger partial charge on any atom is -0.351 e. The van der Waals surface area contributed by atoms with Gasteiger partial charge in [0.05, 0.1) is 12.5 Å². The summed E-state index contributed by atoms with van der Waals surface area (Å²) in [4.78, 5) is 171. The zero-order valence-electron chi connectivity index (χ0n) is 56.3. The van der Waals surface area contributed by atoms with Gasteiger partial charge in [0.2, 0.25) is 65.0 Å². The molecule has 3 unspecified atom stereocenters.